The second-order valence-corrected chi connectivity index (χ2v) is 6.64. The maximum atomic E-state index is 13.0. The lowest BCUT2D eigenvalue weighted by molar-refractivity contribution is -0.142. The van der Waals surface area contributed by atoms with E-state index in [1.807, 2.05) is 18.7 Å². The van der Waals surface area contributed by atoms with Crippen LogP contribution in [0.2, 0.25) is 0 Å². The van der Waals surface area contributed by atoms with Crippen molar-refractivity contribution in [2.45, 2.75) is 33.1 Å². The Kier molecular flexibility index (Phi) is 6.53. The Morgan fingerprint density at radius 3 is 2.16 bits per heavy atom. The molecule has 0 radical (unpaired) electrons. The zero-order chi connectivity index (χ0) is 18.4. The van der Waals surface area contributed by atoms with Crippen LogP contribution in [0.25, 0.3) is 0 Å². The number of rotatable bonds is 5. The molecular formula is C19H28FN3O2. The van der Waals surface area contributed by atoms with Crippen LogP contribution in [0.5, 0.6) is 0 Å². The summed E-state index contributed by atoms with van der Waals surface area (Å²) >= 11 is 0. The predicted molar refractivity (Wildman–Crippen MR) is 95.6 cm³/mol. The summed E-state index contributed by atoms with van der Waals surface area (Å²) in [6.07, 6.45) is 2.16. The molecule has 1 aliphatic rings. The van der Waals surface area contributed by atoms with Crippen molar-refractivity contribution in [1.82, 2.24) is 9.80 Å². The van der Waals surface area contributed by atoms with Gasteiger partial charge in [0.05, 0.1) is 5.41 Å². The Balaban J connectivity index is 2.05. The molecule has 0 unspecified atom stereocenters. The molecule has 6 heteroatoms. The van der Waals surface area contributed by atoms with Gasteiger partial charge in [-0.05, 0) is 43.5 Å². The van der Waals surface area contributed by atoms with E-state index >= 15 is 0 Å². The van der Waals surface area contributed by atoms with Gasteiger partial charge in [0.15, 0.2) is 0 Å². The summed E-state index contributed by atoms with van der Waals surface area (Å²) in [5, 5.41) is 0. The summed E-state index contributed by atoms with van der Waals surface area (Å²) in [6.45, 7) is 6.55. The van der Waals surface area contributed by atoms with Gasteiger partial charge >= 0.3 is 0 Å². The molecule has 0 atom stereocenters. The van der Waals surface area contributed by atoms with Crippen molar-refractivity contribution in [3.8, 4) is 0 Å². The van der Waals surface area contributed by atoms with Crippen LogP contribution in [-0.2, 0) is 4.79 Å². The molecular weight excluding hydrogens is 321 g/mol. The number of nitrogens with zero attached hydrogens (tertiary/aromatic N) is 2. The van der Waals surface area contributed by atoms with Gasteiger partial charge in [-0.2, -0.15) is 0 Å². The van der Waals surface area contributed by atoms with Crippen LogP contribution in [0.3, 0.4) is 0 Å². The third-order valence-corrected chi connectivity index (χ3v) is 5.36. The van der Waals surface area contributed by atoms with Crippen molar-refractivity contribution in [3.63, 3.8) is 0 Å². The summed E-state index contributed by atoms with van der Waals surface area (Å²) < 4.78 is 13.0. The highest BCUT2D eigenvalue weighted by molar-refractivity contribution is 5.94. The molecule has 1 aliphatic heterocycles. The molecule has 0 spiro atoms. The lowest BCUT2D eigenvalue weighted by Crippen LogP contribution is -2.48. The number of amides is 2. The summed E-state index contributed by atoms with van der Waals surface area (Å²) in [6, 6.07) is 5.58. The maximum Gasteiger partial charge on any atom is 0.253 e. The second-order valence-electron chi connectivity index (χ2n) is 6.64. The van der Waals surface area contributed by atoms with Crippen molar-refractivity contribution in [3.05, 3.63) is 35.6 Å². The van der Waals surface area contributed by atoms with E-state index < -0.39 is 5.41 Å². The third-order valence-electron chi connectivity index (χ3n) is 5.36. The van der Waals surface area contributed by atoms with E-state index in [-0.39, 0.29) is 17.6 Å². The largest absolute Gasteiger partial charge is 0.340 e. The molecule has 2 amide bonds. The highest BCUT2D eigenvalue weighted by Gasteiger charge is 2.37. The van der Waals surface area contributed by atoms with Gasteiger partial charge in [-0.25, -0.2) is 4.39 Å². The molecule has 0 saturated carbocycles. The fourth-order valence-electron chi connectivity index (χ4n) is 3.36. The first-order valence-electron chi connectivity index (χ1n) is 9.01. The summed E-state index contributed by atoms with van der Waals surface area (Å²) in [4.78, 5) is 29.1. The van der Waals surface area contributed by atoms with Gasteiger partial charge in [-0.1, -0.05) is 13.8 Å². The van der Waals surface area contributed by atoms with Gasteiger partial charge < -0.3 is 15.5 Å². The average Bonchev–Trinajstić information content (AvgIpc) is 2.89. The molecule has 0 bridgehead atoms. The first-order chi connectivity index (χ1) is 12.0. The molecule has 1 aromatic rings. The molecule has 0 aromatic heterocycles. The highest BCUT2D eigenvalue weighted by atomic mass is 19.1. The molecule has 1 heterocycles. The van der Waals surface area contributed by atoms with E-state index in [1.54, 1.807) is 4.90 Å². The number of benzene rings is 1. The molecule has 2 rings (SSSR count). The number of carbonyl (C=O) groups is 2. The topological polar surface area (TPSA) is 66.6 Å². The molecule has 1 fully saturated rings. The summed E-state index contributed by atoms with van der Waals surface area (Å²) in [5.41, 5.74) is 5.86. The zero-order valence-corrected chi connectivity index (χ0v) is 15.1. The summed E-state index contributed by atoms with van der Waals surface area (Å²) in [7, 11) is 0. The van der Waals surface area contributed by atoms with Gasteiger partial charge in [0, 0.05) is 38.3 Å². The van der Waals surface area contributed by atoms with Gasteiger partial charge in [0.25, 0.3) is 5.91 Å². The van der Waals surface area contributed by atoms with Crippen LogP contribution in [0.4, 0.5) is 4.39 Å². The first-order valence-corrected chi connectivity index (χ1v) is 9.01. The zero-order valence-electron chi connectivity index (χ0n) is 15.1. The van der Waals surface area contributed by atoms with Crippen LogP contribution < -0.4 is 5.73 Å². The number of hydrogen-bond donors (Lipinski definition) is 1. The third kappa shape index (κ3) is 4.18. The van der Waals surface area contributed by atoms with Crippen molar-refractivity contribution in [1.29, 1.82) is 0 Å². The average molecular weight is 349 g/mol. The van der Waals surface area contributed by atoms with E-state index in [2.05, 4.69) is 0 Å². The maximum absolute atomic E-state index is 13.0. The minimum absolute atomic E-state index is 0.0936. The van der Waals surface area contributed by atoms with Crippen LogP contribution >= 0.6 is 0 Å². The fraction of sp³-hybridized carbons (Fsp3) is 0.579. The lowest BCUT2D eigenvalue weighted by Gasteiger charge is -2.34. The molecule has 1 aromatic carbocycles. The quantitative estimate of drug-likeness (QED) is 0.887. The van der Waals surface area contributed by atoms with Gasteiger partial charge in [-0.15, -0.1) is 0 Å². The van der Waals surface area contributed by atoms with E-state index in [1.165, 1.54) is 24.3 Å². The fourth-order valence-corrected chi connectivity index (χ4v) is 3.36. The minimum atomic E-state index is -0.504. The van der Waals surface area contributed by atoms with Crippen molar-refractivity contribution < 1.29 is 14.0 Å². The summed E-state index contributed by atoms with van der Waals surface area (Å²) in [5.74, 6) is -0.386. The Bertz CT molecular complexity index is 591. The standard InChI is InChI=1S/C19H28FN3O2/c1-3-19(4-2,14-21)18(25)23-11-5-10-22(12-13-23)17(24)15-6-8-16(20)9-7-15/h6-9H,3-5,10-14,21H2,1-2H3. The smallest absolute Gasteiger partial charge is 0.253 e. The monoisotopic (exact) mass is 349 g/mol. The van der Waals surface area contributed by atoms with Gasteiger partial charge in [-0.3, -0.25) is 9.59 Å². The molecule has 2 N–H and O–H groups in total. The normalized spacial score (nSPS) is 15.8. The molecule has 138 valence electrons. The molecule has 25 heavy (non-hydrogen) atoms. The SMILES string of the molecule is CCC(CC)(CN)C(=O)N1CCCN(C(=O)c2ccc(F)cc2)CC1. The Morgan fingerprint density at radius 2 is 1.60 bits per heavy atom. The van der Waals surface area contributed by atoms with Crippen molar-refractivity contribution >= 4 is 11.8 Å². The number of halogens is 1. The van der Waals surface area contributed by atoms with E-state index in [0.29, 0.717) is 51.1 Å². The number of carbonyl (C=O) groups excluding carboxylic acids is 2. The van der Waals surface area contributed by atoms with E-state index in [9.17, 15) is 14.0 Å². The predicted octanol–water partition coefficient (Wildman–Crippen LogP) is 2.27. The lowest BCUT2D eigenvalue weighted by atomic mass is 9.81. The Labute approximate surface area is 149 Å². The van der Waals surface area contributed by atoms with Crippen molar-refractivity contribution in [2.75, 3.05) is 32.7 Å². The van der Waals surface area contributed by atoms with Gasteiger partial charge in [0.2, 0.25) is 5.91 Å². The highest BCUT2D eigenvalue weighted by Crippen LogP contribution is 2.28. The van der Waals surface area contributed by atoms with Crippen LogP contribution in [0, 0.1) is 11.2 Å². The molecule has 1 saturated heterocycles. The molecule has 0 aliphatic carbocycles. The Morgan fingerprint density at radius 1 is 1.04 bits per heavy atom. The van der Waals surface area contributed by atoms with Crippen LogP contribution in [-0.4, -0.2) is 54.3 Å². The van der Waals surface area contributed by atoms with Crippen LogP contribution in [0.1, 0.15) is 43.5 Å². The van der Waals surface area contributed by atoms with Crippen molar-refractivity contribution in [2.24, 2.45) is 11.1 Å². The second kappa shape index (κ2) is 8.43. The molecule has 5 nitrogen and oxygen atoms in total. The van der Waals surface area contributed by atoms with E-state index in [0.717, 1.165) is 6.42 Å². The first kappa shape index (κ1) is 19.4. The minimum Gasteiger partial charge on any atom is -0.340 e. The van der Waals surface area contributed by atoms with Crippen LogP contribution in [0.15, 0.2) is 24.3 Å². The Hall–Kier alpha value is -1.95. The number of nitrogens with two attached hydrogens (primary N) is 1. The van der Waals surface area contributed by atoms with Gasteiger partial charge in [0.1, 0.15) is 5.82 Å². The van der Waals surface area contributed by atoms with E-state index in [4.69, 9.17) is 5.73 Å². The number of hydrogen-bond acceptors (Lipinski definition) is 3.